The number of fused-ring (bicyclic) bond motifs is 1. The molecule has 7 heteroatoms. The minimum absolute atomic E-state index is 0.0794. The average Bonchev–Trinajstić information content (AvgIpc) is 3.29. The third-order valence-corrected chi connectivity index (χ3v) is 6.65. The molecular weight excluding hydrogens is 378 g/mol. The summed E-state index contributed by atoms with van der Waals surface area (Å²) in [6.07, 6.45) is 5.10. The van der Waals surface area contributed by atoms with Gasteiger partial charge in [-0.2, -0.15) is 5.10 Å². The molecule has 2 aliphatic rings. The van der Waals surface area contributed by atoms with Crippen molar-refractivity contribution in [2.45, 2.75) is 78.2 Å². The Kier molecular flexibility index (Phi) is 5.80. The van der Waals surface area contributed by atoms with Crippen LogP contribution in [0, 0.1) is 19.8 Å². The topological polar surface area (TPSA) is 79.6 Å². The molecular formula is C23H33N5O2. The second-order valence-electron chi connectivity index (χ2n) is 9.02. The van der Waals surface area contributed by atoms with Crippen LogP contribution >= 0.6 is 0 Å². The number of carbonyl (C=O) groups excluding carboxylic acids is 2. The molecule has 1 aliphatic carbocycles. The lowest BCUT2D eigenvalue weighted by atomic mass is 10.1. The molecule has 1 aliphatic heterocycles. The van der Waals surface area contributed by atoms with E-state index in [1.54, 1.807) is 0 Å². The maximum Gasteiger partial charge on any atom is 0.225 e. The van der Waals surface area contributed by atoms with Gasteiger partial charge in [0.25, 0.3) is 0 Å². The molecule has 30 heavy (non-hydrogen) atoms. The number of carbonyl (C=O) groups is 2. The second kappa shape index (κ2) is 8.36. The van der Waals surface area contributed by atoms with Crippen molar-refractivity contribution < 1.29 is 9.59 Å². The van der Waals surface area contributed by atoms with E-state index in [9.17, 15) is 9.59 Å². The molecule has 1 N–H and O–H groups in total. The lowest BCUT2D eigenvalue weighted by Crippen LogP contribution is -2.32. The normalized spacial score (nSPS) is 20.0. The summed E-state index contributed by atoms with van der Waals surface area (Å²) in [6.45, 7) is 9.74. The van der Waals surface area contributed by atoms with Crippen molar-refractivity contribution in [2.24, 2.45) is 5.92 Å². The molecule has 1 saturated heterocycles. The van der Waals surface area contributed by atoms with Crippen LogP contribution in [-0.2, 0) is 16.0 Å². The Balaban J connectivity index is 1.48. The van der Waals surface area contributed by atoms with Gasteiger partial charge in [0.2, 0.25) is 11.8 Å². The zero-order valence-electron chi connectivity index (χ0n) is 18.6. The predicted molar refractivity (Wildman–Crippen MR) is 115 cm³/mol. The molecule has 3 heterocycles. The second-order valence-corrected chi connectivity index (χ2v) is 9.02. The van der Waals surface area contributed by atoms with E-state index >= 15 is 0 Å². The number of aryl methyl sites for hydroxylation is 2. The van der Waals surface area contributed by atoms with Crippen LogP contribution in [0.4, 0.5) is 0 Å². The van der Waals surface area contributed by atoms with E-state index in [2.05, 4.69) is 25.2 Å². The van der Waals surface area contributed by atoms with Crippen molar-refractivity contribution >= 4 is 17.5 Å². The van der Waals surface area contributed by atoms with Crippen LogP contribution in [-0.4, -0.2) is 50.4 Å². The highest BCUT2D eigenvalue weighted by atomic mass is 16.2. The van der Waals surface area contributed by atoms with E-state index in [0.29, 0.717) is 18.7 Å². The maximum atomic E-state index is 12.4. The fourth-order valence-corrected chi connectivity index (χ4v) is 4.38. The number of rotatable bonds is 7. The number of hydrogen-bond donors (Lipinski definition) is 1. The maximum absolute atomic E-state index is 12.4. The molecule has 0 spiro atoms. The van der Waals surface area contributed by atoms with Crippen LogP contribution in [0.5, 0.6) is 0 Å². The van der Waals surface area contributed by atoms with Crippen LogP contribution in [0.15, 0.2) is 6.07 Å². The van der Waals surface area contributed by atoms with Crippen molar-refractivity contribution in [3.63, 3.8) is 0 Å². The Morgan fingerprint density at radius 1 is 1.27 bits per heavy atom. The van der Waals surface area contributed by atoms with Gasteiger partial charge in [-0.3, -0.25) is 9.59 Å². The molecule has 7 nitrogen and oxygen atoms in total. The summed E-state index contributed by atoms with van der Waals surface area (Å²) >= 11 is 0. The summed E-state index contributed by atoms with van der Waals surface area (Å²) in [5, 5.41) is 7.88. The molecule has 2 fully saturated rings. The van der Waals surface area contributed by atoms with Crippen molar-refractivity contribution in [1.82, 2.24) is 24.8 Å². The number of nitrogens with one attached hydrogen (secondary N) is 1. The zero-order valence-corrected chi connectivity index (χ0v) is 18.6. The van der Waals surface area contributed by atoms with Crippen LogP contribution in [0.25, 0.3) is 5.65 Å². The van der Waals surface area contributed by atoms with E-state index in [1.165, 1.54) is 0 Å². The number of likely N-dealkylation sites (tertiary alicyclic amines) is 1. The molecule has 0 aromatic carbocycles. The Labute approximate surface area is 178 Å². The summed E-state index contributed by atoms with van der Waals surface area (Å²) in [5.74, 6) is 0.954. The highest BCUT2D eigenvalue weighted by molar-refractivity contribution is 5.81. The summed E-state index contributed by atoms with van der Waals surface area (Å²) in [6, 6.07) is 2.27. The molecule has 0 unspecified atom stereocenters. The fraction of sp³-hybridized carbons (Fsp3) is 0.652. The lowest BCUT2D eigenvalue weighted by Gasteiger charge is -2.15. The van der Waals surface area contributed by atoms with Gasteiger partial charge in [-0.05, 0) is 58.4 Å². The Bertz CT molecular complexity index is 962. The van der Waals surface area contributed by atoms with Crippen LogP contribution in [0.1, 0.15) is 74.5 Å². The molecule has 162 valence electrons. The first-order valence-electron chi connectivity index (χ1n) is 11.3. The molecule has 0 bridgehead atoms. The van der Waals surface area contributed by atoms with E-state index in [-0.39, 0.29) is 23.8 Å². The zero-order chi connectivity index (χ0) is 21.4. The van der Waals surface area contributed by atoms with Crippen LogP contribution < -0.4 is 5.32 Å². The van der Waals surface area contributed by atoms with Gasteiger partial charge in [0, 0.05) is 54.8 Å². The number of amides is 2. The van der Waals surface area contributed by atoms with Crippen molar-refractivity contribution in [3.8, 4) is 0 Å². The van der Waals surface area contributed by atoms with Crippen molar-refractivity contribution in [1.29, 1.82) is 0 Å². The smallest absolute Gasteiger partial charge is 0.225 e. The quantitative estimate of drug-likeness (QED) is 0.760. The summed E-state index contributed by atoms with van der Waals surface area (Å²) < 4.78 is 1.91. The van der Waals surface area contributed by atoms with Gasteiger partial charge in [-0.25, -0.2) is 9.50 Å². The molecule has 1 saturated carbocycles. The lowest BCUT2D eigenvalue weighted by molar-refractivity contribution is -0.131. The summed E-state index contributed by atoms with van der Waals surface area (Å²) in [4.78, 5) is 31.3. The van der Waals surface area contributed by atoms with E-state index in [0.717, 1.165) is 67.1 Å². The third-order valence-electron chi connectivity index (χ3n) is 6.65. The Hall–Kier alpha value is -2.44. The van der Waals surface area contributed by atoms with Gasteiger partial charge in [0.15, 0.2) is 5.65 Å². The highest BCUT2D eigenvalue weighted by Crippen LogP contribution is 2.35. The fourth-order valence-electron chi connectivity index (χ4n) is 4.38. The Morgan fingerprint density at radius 3 is 2.73 bits per heavy atom. The summed E-state index contributed by atoms with van der Waals surface area (Å²) in [7, 11) is 0. The molecule has 2 amide bonds. The number of hydrogen-bond acceptors (Lipinski definition) is 4. The van der Waals surface area contributed by atoms with Crippen LogP contribution in [0.3, 0.4) is 0 Å². The first-order chi connectivity index (χ1) is 14.4. The minimum atomic E-state index is 0.0794. The van der Waals surface area contributed by atoms with E-state index in [4.69, 9.17) is 10.1 Å². The average molecular weight is 412 g/mol. The highest BCUT2D eigenvalue weighted by Gasteiger charge is 2.37. The van der Waals surface area contributed by atoms with Gasteiger partial charge in [0.05, 0.1) is 5.69 Å². The van der Waals surface area contributed by atoms with Gasteiger partial charge in [-0.1, -0.05) is 6.92 Å². The predicted octanol–water partition coefficient (Wildman–Crippen LogP) is 2.92. The monoisotopic (exact) mass is 411 g/mol. The third kappa shape index (κ3) is 4.20. The van der Waals surface area contributed by atoms with Crippen molar-refractivity contribution in [2.75, 3.05) is 13.1 Å². The molecule has 2 aromatic heterocycles. The van der Waals surface area contributed by atoms with Gasteiger partial charge in [-0.15, -0.1) is 0 Å². The van der Waals surface area contributed by atoms with Gasteiger partial charge >= 0.3 is 0 Å². The number of nitrogens with zero attached hydrogens (tertiary/aromatic N) is 4. The first-order valence-corrected chi connectivity index (χ1v) is 11.3. The van der Waals surface area contributed by atoms with Gasteiger partial charge < -0.3 is 10.2 Å². The first kappa shape index (κ1) is 20.8. The molecule has 2 aromatic rings. The van der Waals surface area contributed by atoms with E-state index < -0.39 is 0 Å². The van der Waals surface area contributed by atoms with Crippen LogP contribution in [0.2, 0.25) is 0 Å². The Morgan fingerprint density at radius 2 is 2.03 bits per heavy atom. The summed E-state index contributed by atoms with van der Waals surface area (Å²) in [5.41, 5.74) is 4.96. The largest absolute Gasteiger partial charge is 0.354 e. The van der Waals surface area contributed by atoms with Gasteiger partial charge in [0.1, 0.15) is 0 Å². The molecule has 4 rings (SSSR count). The SMILES string of the molecule is CC[C@@H](C)NC(=O)CCc1c(C)nc2cc([C@@H]3CCN(C(=O)C4CC4)C3)nn2c1C. The van der Waals surface area contributed by atoms with Crippen molar-refractivity contribution in [3.05, 3.63) is 28.7 Å². The number of aromatic nitrogens is 3. The van der Waals surface area contributed by atoms with E-state index in [1.807, 2.05) is 23.3 Å². The minimum Gasteiger partial charge on any atom is -0.354 e. The molecule has 2 atom stereocenters. The molecule has 0 radical (unpaired) electrons. The standard InChI is InChI=1S/C23H33N5O2/c1-5-14(2)24-22(29)9-8-19-15(3)25-21-12-20(26-28(21)16(19)4)18-10-11-27(13-18)23(30)17-6-7-17/h12,14,17-18H,5-11,13H2,1-4H3,(H,24,29)/t14-,18-/m1/s1.